The van der Waals surface area contributed by atoms with Gasteiger partial charge >= 0.3 is 0 Å². The molecule has 9 nitrogen and oxygen atoms in total. The Morgan fingerprint density at radius 3 is 2.20 bits per heavy atom. The largest absolute Gasteiger partial charge is 0.508 e. The van der Waals surface area contributed by atoms with Gasteiger partial charge < -0.3 is 19.8 Å². The normalized spacial score (nSPS) is 23.5. The third kappa shape index (κ3) is 6.99. The number of anilines is 2. The lowest BCUT2D eigenvalue weighted by molar-refractivity contribution is -0.136. The van der Waals surface area contributed by atoms with Gasteiger partial charge in [0.1, 0.15) is 11.8 Å². The van der Waals surface area contributed by atoms with Crippen molar-refractivity contribution < 1.29 is 19.5 Å². The number of hydrogen-bond acceptors (Lipinski definition) is 7. The molecule has 0 bridgehead atoms. The van der Waals surface area contributed by atoms with Crippen LogP contribution in [0.5, 0.6) is 5.75 Å². The van der Waals surface area contributed by atoms with Gasteiger partial charge in [-0.25, -0.2) is 0 Å². The van der Waals surface area contributed by atoms with Crippen LogP contribution in [0.3, 0.4) is 0 Å². The zero-order valence-electron chi connectivity index (χ0n) is 31.8. The number of phenolic OH excluding ortho intramolecular Hbond substituents is 1. The van der Waals surface area contributed by atoms with Crippen molar-refractivity contribution in [2.24, 2.45) is 5.92 Å². The van der Waals surface area contributed by atoms with Crippen LogP contribution in [0.15, 0.2) is 84.9 Å². The van der Waals surface area contributed by atoms with Crippen molar-refractivity contribution in [3.8, 4) is 5.75 Å². The minimum atomic E-state index is -0.586. The molecule has 0 spiro atoms. The lowest BCUT2D eigenvalue weighted by atomic mass is 9.68. The molecule has 4 heterocycles. The van der Waals surface area contributed by atoms with Crippen LogP contribution in [0.2, 0.25) is 0 Å². The fourth-order valence-corrected chi connectivity index (χ4v) is 10.1. The molecule has 3 saturated heterocycles. The molecule has 0 radical (unpaired) electrons. The second kappa shape index (κ2) is 14.8. The zero-order chi connectivity index (χ0) is 37.6. The van der Waals surface area contributed by atoms with Gasteiger partial charge in [-0.3, -0.25) is 24.6 Å². The molecule has 0 saturated carbocycles. The molecule has 5 aliphatic rings. The van der Waals surface area contributed by atoms with Crippen LogP contribution in [0, 0.1) is 12.8 Å². The van der Waals surface area contributed by atoms with Gasteiger partial charge in [-0.1, -0.05) is 42.5 Å². The second-order valence-electron chi connectivity index (χ2n) is 16.4. The van der Waals surface area contributed by atoms with E-state index in [4.69, 9.17) is 0 Å². The van der Waals surface area contributed by atoms with Crippen molar-refractivity contribution in [1.29, 1.82) is 0 Å². The van der Waals surface area contributed by atoms with Crippen LogP contribution in [0.25, 0.3) is 0 Å². The van der Waals surface area contributed by atoms with E-state index >= 15 is 0 Å². The van der Waals surface area contributed by atoms with Gasteiger partial charge in [0.05, 0.1) is 0 Å². The van der Waals surface area contributed by atoms with E-state index in [0.29, 0.717) is 36.1 Å². The van der Waals surface area contributed by atoms with Crippen LogP contribution < -0.4 is 15.1 Å². The smallest absolute Gasteiger partial charge is 0.255 e. The summed E-state index contributed by atoms with van der Waals surface area (Å²) in [5, 5.41) is 12.7. The average molecular weight is 738 g/mol. The Kier molecular flexibility index (Phi) is 9.58. The maximum atomic E-state index is 13.2. The van der Waals surface area contributed by atoms with Crippen molar-refractivity contribution in [1.82, 2.24) is 15.1 Å². The van der Waals surface area contributed by atoms with Gasteiger partial charge in [-0.2, -0.15) is 0 Å². The molecule has 284 valence electrons. The molecule has 4 aromatic rings. The number of aromatic hydroxyl groups is 1. The highest BCUT2D eigenvalue weighted by Gasteiger charge is 2.39. The van der Waals surface area contributed by atoms with Crippen molar-refractivity contribution in [3.63, 3.8) is 0 Å². The number of phenols is 1. The van der Waals surface area contributed by atoms with E-state index < -0.39 is 6.04 Å². The van der Waals surface area contributed by atoms with Gasteiger partial charge in [0.25, 0.3) is 5.91 Å². The van der Waals surface area contributed by atoms with Gasteiger partial charge in [0.2, 0.25) is 11.8 Å². The number of hydrogen-bond donors (Lipinski definition) is 2. The van der Waals surface area contributed by atoms with Crippen molar-refractivity contribution >= 4 is 29.1 Å². The first kappa shape index (κ1) is 35.5. The third-order valence-corrected chi connectivity index (χ3v) is 13.1. The van der Waals surface area contributed by atoms with E-state index in [1.54, 1.807) is 4.90 Å². The number of imide groups is 1. The maximum absolute atomic E-state index is 13.2. The van der Waals surface area contributed by atoms with Gasteiger partial charge in [0.15, 0.2) is 0 Å². The molecule has 9 rings (SSSR count). The summed E-state index contributed by atoms with van der Waals surface area (Å²) in [6, 6.07) is 29.6. The fourth-order valence-electron chi connectivity index (χ4n) is 10.1. The minimum absolute atomic E-state index is 0.121. The molecule has 2 N–H and O–H groups in total. The summed E-state index contributed by atoms with van der Waals surface area (Å²) >= 11 is 0. The van der Waals surface area contributed by atoms with E-state index in [-0.39, 0.29) is 30.1 Å². The molecule has 1 aliphatic carbocycles. The Bertz CT molecular complexity index is 2100. The summed E-state index contributed by atoms with van der Waals surface area (Å²) in [7, 11) is 0. The molecular formula is C46H51N5O4. The molecule has 0 aromatic heterocycles. The number of nitrogens with one attached hydrogen (secondary N) is 1. The second-order valence-corrected chi connectivity index (χ2v) is 16.4. The van der Waals surface area contributed by atoms with Crippen LogP contribution in [0.4, 0.5) is 11.4 Å². The lowest BCUT2D eigenvalue weighted by Crippen LogP contribution is -2.52. The SMILES string of the molecule is Cc1cc(N2CCC(CN3CCN(c4ccc5c(c4)CN([C@H]4CCC(=O)NC4=O)C5=O)CC3)CC2)ccc1[C@@H]1c2ccc(O)cc2CC[C@@H]1c1ccccc1. The third-order valence-electron chi connectivity index (χ3n) is 13.1. The lowest BCUT2D eigenvalue weighted by Gasteiger charge is -2.40. The van der Waals surface area contributed by atoms with E-state index in [1.807, 2.05) is 24.3 Å². The Balaban J connectivity index is 0.794. The summed E-state index contributed by atoms with van der Waals surface area (Å²) < 4.78 is 0. The standard InChI is InChI=1S/C46H51N5O4/c1-30-25-35(8-12-38(30)44-39(32-5-3-2-4-6-32)11-7-33-27-37(52)10-14-40(33)44)49-19-17-31(18-20-49)28-48-21-23-50(24-22-48)36-9-13-41-34(26-36)29-51(46(41)55)42-15-16-43(53)47-45(42)54/h2-6,8-10,12-14,25-27,31,39,42,44,52H,7,11,15-24,28-29H2,1H3,(H,47,53,54)/t39-,42+,44+/m1/s1. The monoisotopic (exact) mass is 737 g/mol. The van der Waals surface area contributed by atoms with Gasteiger partial charge in [-0.05, 0) is 127 Å². The highest BCUT2D eigenvalue weighted by atomic mass is 16.3. The number of amides is 3. The molecule has 9 heteroatoms. The number of rotatable bonds is 7. The number of carbonyl (C=O) groups excluding carboxylic acids is 3. The molecule has 0 unspecified atom stereocenters. The Hall–Kier alpha value is -5.15. The number of benzene rings is 4. The molecule has 4 aromatic carbocycles. The predicted octanol–water partition coefficient (Wildman–Crippen LogP) is 6.36. The van der Waals surface area contributed by atoms with Gasteiger partial charge in [-0.15, -0.1) is 0 Å². The first-order valence-electron chi connectivity index (χ1n) is 20.3. The molecule has 3 fully saturated rings. The van der Waals surface area contributed by atoms with E-state index in [9.17, 15) is 19.5 Å². The van der Waals surface area contributed by atoms with Crippen molar-refractivity contribution in [3.05, 3.63) is 124 Å². The van der Waals surface area contributed by atoms with Crippen LogP contribution >= 0.6 is 0 Å². The van der Waals surface area contributed by atoms with Crippen LogP contribution in [-0.4, -0.2) is 84.5 Å². The molecule has 55 heavy (non-hydrogen) atoms. The maximum Gasteiger partial charge on any atom is 0.255 e. The number of piperidine rings is 2. The summed E-state index contributed by atoms with van der Waals surface area (Å²) in [4.78, 5) is 46.5. The van der Waals surface area contributed by atoms with Crippen molar-refractivity contribution in [2.45, 2.75) is 69.9 Å². The van der Waals surface area contributed by atoms with Crippen molar-refractivity contribution in [2.75, 3.05) is 55.6 Å². The topological polar surface area (TPSA) is 96.4 Å². The van der Waals surface area contributed by atoms with E-state index in [2.05, 4.69) is 87.6 Å². The summed E-state index contributed by atoms with van der Waals surface area (Å²) in [6.45, 7) is 9.91. The quantitative estimate of drug-likeness (QED) is 0.213. The summed E-state index contributed by atoms with van der Waals surface area (Å²) in [6.07, 6.45) is 5.08. The Labute approximate surface area is 323 Å². The van der Waals surface area contributed by atoms with Crippen LogP contribution in [-0.2, 0) is 22.6 Å². The van der Waals surface area contributed by atoms with Crippen LogP contribution in [0.1, 0.15) is 87.7 Å². The van der Waals surface area contributed by atoms with Gasteiger partial charge in [0, 0.05) is 81.6 Å². The minimum Gasteiger partial charge on any atom is -0.508 e. The summed E-state index contributed by atoms with van der Waals surface area (Å²) in [5.41, 5.74) is 10.8. The number of carbonyl (C=O) groups is 3. The Morgan fingerprint density at radius 1 is 0.709 bits per heavy atom. The highest BCUT2D eigenvalue weighted by molar-refractivity contribution is 6.05. The predicted molar refractivity (Wildman–Crippen MR) is 215 cm³/mol. The number of fused-ring (bicyclic) bond motifs is 2. The molecular weight excluding hydrogens is 687 g/mol. The van der Waals surface area contributed by atoms with E-state index in [0.717, 1.165) is 69.9 Å². The van der Waals surface area contributed by atoms with E-state index in [1.165, 1.54) is 46.3 Å². The average Bonchev–Trinajstić information content (AvgIpc) is 3.53. The molecule has 3 atom stereocenters. The highest BCUT2D eigenvalue weighted by Crippen LogP contribution is 2.48. The summed E-state index contributed by atoms with van der Waals surface area (Å²) in [5.74, 6) is 0.943. The first-order valence-corrected chi connectivity index (χ1v) is 20.3. The number of piperazine rings is 1. The Morgan fingerprint density at radius 2 is 1.44 bits per heavy atom. The first-order chi connectivity index (χ1) is 26.8. The number of nitrogens with zero attached hydrogens (tertiary/aromatic N) is 4. The molecule has 3 amide bonds. The number of aryl methyl sites for hydroxylation is 2. The molecule has 4 aliphatic heterocycles. The zero-order valence-corrected chi connectivity index (χ0v) is 31.8. The fraction of sp³-hybridized carbons (Fsp3) is 0.413.